The summed E-state index contributed by atoms with van der Waals surface area (Å²) in [6, 6.07) is 0. The molecule has 0 aromatic carbocycles. The van der Waals surface area contributed by atoms with Crippen LogP contribution in [-0.4, -0.2) is 8.24 Å². The van der Waals surface area contributed by atoms with Crippen molar-refractivity contribution in [2.75, 3.05) is 0 Å². The largest absolute Gasteiger partial charge is 0.307 e. The second-order valence-corrected chi connectivity index (χ2v) is 18.2. The van der Waals surface area contributed by atoms with Gasteiger partial charge in [-0.05, 0) is 45.5 Å². The molecule has 80 valence electrons. The Morgan fingerprint density at radius 1 is 1.31 bits per heavy atom. The SMILES string of the molecule is C[Si](C)(C)NP(Cl)(Cl)=NP(F)(=S)Cl. The molecule has 0 saturated carbocycles. The summed E-state index contributed by atoms with van der Waals surface area (Å²) in [7, 11) is -1.70. The van der Waals surface area contributed by atoms with Crippen LogP contribution in [0.25, 0.3) is 0 Å². The van der Waals surface area contributed by atoms with Crippen LogP contribution in [0.1, 0.15) is 0 Å². The Kier molecular flexibility index (Phi) is 5.48. The average molecular weight is 322 g/mol. The molecule has 0 aliphatic heterocycles. The van der Waals surface area contributed by atoms with Crippen molar-refractivity contribution in [2.45, 2.75) is 19.6 Å². The van der Waals surface area contributed by atoms with Gasteiger partial charge in [0.2, 0.25) is 5.91 Å². The normalized spacial score (nSPS) is 18.1. The fraction of sp³-hybridized carbons (Fsp3) is 1.00. The Balaban J connectivity index is 4.79. The van der Waals surface area contributed by atoms with Gasteiger partial charge in [-0.2, -0.15) is 8.71 Å². The highest BCUT2D eigenvalue weighted by molar-refractivity contribution is 8.27. The zero-order chi connectivity index (χ0) is 10.9. The number of hydrogen-bond acceptors (Lipinski definition) is 1. The van der Waals surface area contributed by atoms with Crippen LogP contribution in [0.4, 0.5) is 4.20 Å². The summed E-state index contributed by atoms with van der Waals surface area (Å²) < 4.78 is 19.1. The predicted molar refractivity (Wildman–Crippen MR) is 68.8 cm³/mol. The van der Waals surface area contributed by atoms with Gasteiger partial charge in [0.25, 0.3) is 0 Å². The maximum Gasteiger partial charge on any atom is 0.307 e. The van der Waals surface area contributed by atoms with Crippen LogP contribution in [0.3, 0.4) is 0 Å². The fourth-order valence-electron chi connectivity index (χ4n) is 0.557. The summed E-state index contributed by atoms with van der Waals surface area (Å²) in [4.78, 5) is 0. The topological polar surface area (TPSA) is 24.4 Å². The zero-order valence-corrected chi connectivity index (χ0v) is 13.1. The fourth-order valence-corrected chi connectivity index (χ4v) is 14.9. The van der Waals surface area contributed by atoms with Gasteiger partial charge >= 0.3 is 5.85 Å². The molecule has 0 amide bonds. The van der Waals surface area contributed by atoms with Gasteiger partial charge in [-0.25, -0.2) is 0 Å². The van der Waals surface area contributed by atoms with Crippen LogP contribution in [-0.2, 0) is 11.8 Å². The van der Waals surface area contributed by atoms with E-state index in [1.54, 1.807) is 0 Å². The minimum absolute atomic E-state index is 1.70. The van der Waals surface area contributed by atoms with Crippen molar-refractivity contribution in [1.29, 1.82) is 0 Å². The standard InChI is InChI=1S/C3H10Cl3FN2P2SSi/c1-13(2,3)9-10(4,5)8-11(6,7)12/h9H,1-3H3. The Morgan fingerprint density at radius 3 is 1.92 bits per heavy atom. The Labute approximate surface area is 98.3 Å². The lowest BCUT2D eigenvalue weighted by molar-refractivity contribution is 0.909. The van der Waals surface area contributed by atoms with E-state index in [1.165, 1.54) is 0 Å². The molecule has 13 heavy (non-hydrogen) atoms. The number of halogens is 4. The molecular formula is C3H10Cl3FN2P2SSi. The maximum atomic E-state index is 12.8. The first kappa shape index (κ1) is 14.9. The average Bonchev–Trinajstić information content (AvgIpc) is 1.43. The molecule has 2 nitrogen and oxygen atoms in total. The van der Waals surface area contributed by atoms with Crippen molar-refractivity contribution < 1.29 is 4.20 Å². The van der Waals surface area contributed by atoms with Crippen molar-refractivity contribution in [3.8, 4) is 0 Å². The molecule has 0 fully saturated rings. The van der Waals surface area contributed by atoms with Crippen molar-refractivity contribution in [3.05, 3.63) is 0 Å². The van der Waals surface area contributed by atoms with Gasteiger partial charge in [0, 0.05) is 0 Å². The molecule has 1 N–H and O–H groups in total. The van der Waals surface area contributed by atoms with E-state index in [-0.39, 0.29) is 0 Å². The van der Waals surface area contributed by atoms with E-state index in [1.807, 2.05) is 19.6 Å². The molecule has 0 spiro atoms. The summed E-state index contributed by atoms with van der Waals surface area (Å²) in [5, 5.41) is 0. The quantitative estimate of drug-likeness (QED) is 0.566. The Hall–Kier alpha value is 1.86. The maximum absolute atomic E-state index is 12.8. The molecule has 1 atom stereocenters. The van der Waals surface area contributed by atoms with Gasteiger partial charge in [0.05, 0.1) is 0 Å². The lowest BCUT2D eigenvalue weighted by Crippen LogP contribution is -2.36. The van der Waals surface area contributed by atoms with Crippen LogP contribution in [0.15, 0.2) is 4.52 Å². The number of nitrogens with zero attached hydrogens (tertiary/aromatic N) is 1. The van der Waals surface area contributed by atoms with E-state index in [9.17, 15) is 4.20 Å². The highest BCUT2D eigenvalue weighted by Crippen LogP contribution is 2.69. The summed E-state index contributed by atoms with van der Waals surface area (Å²) in [6.07, 6.45) is 0. The lowest BCUT2D eigenvalue weighted by Gasteiger charge is -2.22. The summed E-state index contributed by atoms with van der Waals surface area (Å²) >= 11 is 21.0. The lowest BCUT2D eigenvalue weighted by atomic mass is 11.8. The van der Waals surface area contributed by atoms with E-state index in [2.05, 4.69) is 21.1 Å². The summed E-state index contributed by atoms with van der Waals surface area (Å²) in [6.45, 7) is 5.91. The third-order valence-electron chi connectivity index (χ3n) is 0.686. The van der Waals surface area contributed by atoms with Gasteiger partial charge in [0.1, 0.15) is 8.24 Å². The smallest absolute Gasteiger partial charge is 0.281 e. The van der Waals surface area contributed by atoms with Crippen molar-refractivity contribution in [1.82, 2.24) is 4.75 Å². The highest BCUT2D eigenvalue weighted by Gasteiger charge is 2.25. The van der Waals surface area contributed by atoms with Gasteiger partial charge in [-0.1, -0.05) is 19.6 Å². The first-order valence-corrected chi connectivity index (χ1v) is 13.8. The number of rotatable bonds is 3. The molecule has 0 saturated heterocycles. The van der Waals surface area contributed by atoms with E-state index in [0.717, 1.165) is 0 Å². The molecule has 0 aliphatic carbocycles. The molecule has 0 aromatic rings. The molecule has 0 aliphatic rings. The van der Waals surface area contributed by atoms with Crippen LogP contribution < -0.4 is 4.75 Å². The second-order valence-electron chi connectivity index (χ2n) is 3.37. The molecule has 0 heterocycles. The minimum atomic E-state index is -3.70. The number of nitrogens with one attached hydrogen (secondary N) is 1. The van der Waals surface area contributed by atoms with E-state index >= 15 is 0 Å². The van der Waals surface area contributed by atoms with Gasteiger partial charge in [-0.3, -0.25) is 4.75 Å². The molecule has 10 heteroatoms. The molecule has 0 radical (unpaired) electrons. The first-order chi connectivity index (χ1) is 5.41. The third-order valence-corrected chi connectivity index (χ3v) is 10.2. The van der Waals surface area contributed by atoms with Crippen LogP contribution in [0.2, 0.25) is 19.6 Å². The van der Waals surface area contributed by atoms with Gasteiger partial charge < -0.3 is 0 Å². The molecule has 0 bridgehead atoms. The predicted octanol–water partition coefficient (Wildman–Crippen LogP) is 5.27. The summed E-state index contributed by atoms with van der Waals surface area (Å²) in [5.41, 5.74) is 0. The van der Waals surface area contributed by atoms with Crippen molar-refractivity contribution >= 4 is 65.5 Å². The molecule has 1 unspecified atom stereocenters. The molecule has 0 rings (SSSR count). The first-order valence-electron chi connectivity index (χ1n) is 3.23. The Morgan fingerprint density at radius 2 is 1.69 bits per heavy atom. The summed E-state index contributed by atoms with van der Waals surface area (Å²) in [5.74, 6) is -6.56. The van der Waals surface area contributed by atoms with Crippen LogP contribution >= 0.6 is 45.5 Å². The molecular weight excluding hydrogens is 312 g/mol. The second kappa shape index (κ2) is 4.79. The van der Waals surface area contributed by atoms with Gasteiger partial charge in [-0.15, -0.1) is 0 Å². The highest BCUT2D eigenvalue weighted by atomic mass is 35.9. The monoisotopic (exact) mass is 320 g/mol. The number of hydrogen-bond donors (Lipinski definition) is 1. The third kappa shape index (κ3) is 10.1. The van der Waals surface area contributed by atoms with E-state index in [4.69, 9.17) is 33.7 Å². The zero-order valence-electron chi connectivity index (χ0n) is 7.26. The molecule has 0 aromatic heterocycles. The van der Waals surface area contributed by atoms with Gasteiger partial charge in [0.15, 0.2) is 0 Å². The van der Waals surface area contributed by atoms with E-state index in [0.29, 0.717) is 0 Å². The minimum Gasteiger partial charge on any atom is -0.281 e. The van der Waals surface area contributed by atoms with Crippen LogP contribution in [0, 0.1) is 0 Å². The van der Waals surface area contributed by atoms with Crippen molar-refractivity contribution in [3.63, 3.8) is 0 Å². The van der Waals surface area contributed by atoms with Crippen molar-refractivity contribution in [2.24, 2.45) is 4.52 Å². The van der Waals surface area contributed by atoms with E-state index < -0.39 is 20.0 Å². The van der Waals surface area contributed by atoms with Crippen LogP contribution in [0.5, 0.6) is 0 Å². The Bertz CT molecular complexity index is 281.